The van der Waals surface area contributed by atoms with E-state index in [1.165, 1.54) is 11.8 Å². The van der Waals surface area contributed by atoms with Gasteiger partial charge in [0.15, 0.2) is 0 Å². The van der Waals surface area contributed by atoms with Crippen LogP contribution in [0.4, 0.5) is 5.82 Å². The van der Waals surface area contributed by atoms with Gasteiger partial charge in [-0.25, -0.2) is 4.98 Å². The molecule has 3 N–H and O–H groups in total. The molecule has 1 aliphatic rings. The number of amides is 1. The number of carbonyl (C=O) groups excluding carboxylic acids is 1. The Morgan fingerprint density at radius 2 is 2.06 bits per heavy atom. The lowest BCUT2D eigenvalue weighted by molar-refractivity contribution is -0.137. The lowest BCUT2D eigenvalue weighted by Gasteiger charge is -2.23. The minimum atomic E-state index is -0.986. The Kier molecular flexibility index (Phi) is 7.78. The van der Waals surface area contributed by atoms with Gasteiger partial charge in [0.1, 0.15) is 5.82 Å². The van der Waals surface area contributed by atoms with Crippen LogP contribution >= 0.6 is 15.9 Å². The Bertz CT molecular complexity index is 1260. The third-order valence-corrected chi connectivity index (χ3v) is 6.77. The van der Waals surface area contributed by atoms with E-state index in [0.717, 1.165) is 46.5 Å². The summed E-state index contributed by atoms with van der Waals surface area (Å²) in [6, 6.07) is 9.32. The summed E-state index contributed by atoms with van der Waals surface area (Å²) in [7, 11) is 0. The first-order chi connectivity index (χ1) is 17.1. The summed E-state index contributed by atoms with van der Waals surface area (Å²) < 4.78 is 2.56. The molecule has 36 heavy (non-hydrogen) atoms. The second-order valence-corrected chi connectivity index (χ2v) is 11.1. The quantitative estimate of drug-likeness (QED) is 0.366. The third kappa shape index (κ3) is 6.51. The van der Waals surface area contributed by atoms with Crippen molar-refractivity contribution in [2.45, 2.75) is 64.5 Å². The predicted octanol–water partition coefficient (Wildman–Crippen LogP) is 4.88. The normalized spacial score (nSPS) is 14.0. The first-order valence-corrected chi connectivity index (χ1v) is 13.0. The van der Waals surface area contributed by atoms with E-state index in [1.54, 1.807) is 10.9 Å². The second-order valence-electron chi connectivity index (χ2n) is 10.2. The van der Waals surface area contributed by atoms with Gasteiger partial charge in [-0.3, -0.25) is 14.3 Å². The van der Waals surface area contributed by atoms with E-state index in [0.29, 0.717) is 18.5 Å². The molecule has 3 aromatic rings. The minimum absolute atomic E-state index is 0.125. The third-order valence-electron chi connectivity index (χ3n) is 6.32. The number of hydrogen-bond donors (Lipinski definition) is 3. The van der Waals surface area contributed by atoms with Crippen molar-refractivity contribution in [1.82, 2.24) is 20.1 Å². The molecular weight excluding hydrogens is 522 g/mol. The largest absolute Gasteiger partial charge is 0.481 e. The number of rotatable bonds is 8. The highest BCUT2D eigenvalue weighted by Crippen LogP contribution is 2.30. The van der Waals surface area contributed by atoms with Gasteiger partial charge in [0.05, 0.1) is 24.2 Å². The molecule has 1 aliphatic heterocycles. The zero-order chi connectivity index (χ0) is 25.9. The molecular formula is C27H32BrN5O3. The number of carboxylic acids is 1. The van der Waals surface area contributed by atoms with Crippen LogP contribution in [0.5, 0.6) is 0 Å². The molecule has 8 nitrogen and oxygen atoms in total. The number of hydrogen-bond acceptors (Lipinski definition) is 5. The van der Waals surface area contributed by atoms with Crippen molar-refractivity contribution in [3.63, 3.8) is 0 Å². The number of anilines is 1. The summed E-state index contributed by atoms with van der Waals surface area (Å²) in [4.78, 5) is 29.3. The number of carbonyl (C=O) groups is 2. The van der Waals surface area contributed by atoms with E-state index >= 15 is 0 Å². The summed E-state index contributed by atoms with van der Waals surface area (Å²) in [6.45, 7) is 7.80. The highest BCUT2D eigenvalue weighted by atomic mass is 79.9. The molecule has 0 bridgehead atoms. The van der Waals surface area contributed by atoms with Gasteiger partial charge in [-0.05, 0) is 53.1 Å². The lowest BCUT2D eigenvalue weighted by atomic mass is 9.85. The van der Waals surface area contributed by atoms with Crippen LogP contribution in [-0.2, 0) is 29.6 Å². The van der Waals surface area contributed by atoms with Crippen molar-refractivity contribution in [1.29, 1.82) is 0 Å². The topological polar surface area (TPSA) is 109 Å². The molecule has 1 amide bonds. The molecule has 9 heteroatoms. The number of aromatic nitrogens is 3. The molecule has 0 radical (unpaired) electrons. The highest BCUT2D eigenvalue weighted by Gasteiger charge is 2.23. The van der Waals surface area contributed by atoms with Gasteiger partial charge >= 0.3 is 5.97 Å². The Morgan fingerprint density at radius 3 is 2.81 bits per heavy atom. The summed E-state index contributed by atoms with van der Waals surface area (Å²) in [5.41, 5.74) is 4.27. The molecule has 1 aromatic carbocycles. The molecule has 0 aliphatic carbocycles. The monoisotopic (exact) mass is 553 g/mol. The number of nitrogens with one attached hydrogen (secondary N) is 2. The van der Waals surface area contributed by atoms with Gasteiger partial charge in [0.25, 0.3) is 5.91 Å². The van der Waals surface area contributed by atoms with Crippen LogP contribution in [0.1, 0.15) is 72.4 Å². The van der Waals surface area contributed by atoms with Crippen LogP contribution in [0.3, 0.4) is 0 Å². The van der Waals surface area contributed by atoms with Gasteiger partial charge in [0.2, 0.25) is 0 Å². The number of fused-ring (bicyclic) bond motifs is 1. The van der Waals surface area contributed by atoms with Crippen molar-refractivity contribution in [2.24, 2.45) is 0 Å². The van der Waals surface area contributed by atoms with Gasteiger partial charge in [-0.2, -0.15) is 5.10 Å². The van der Waals surface area contributed by atoms with Crippen LogP contribution in [-0.4, -0.2) is 38.3 Å². The van der Waals surface area contributed by atoms with Gasteiger partial charge < -0.3 is 15.7 Å². The van der Waals surface area contributed by atoms with Crippen LogP contribution < -0.4 is 10.6 Å². The molecule has 2 aromatic heterocycles. The fourth-order valence-corrected chi connectivity index (χ4v) is 4.77. The zero-order valence-electron chi connectivity index (χ0n) is 20.8. The maximum absolute atomic E-state index is 13.0. The molecule has 0 spiro atoms. The Balaban J connectivity index is 1.45. The summed E-state index contributed by atoms with van der Waals surface area (Å²) in [5, 5.41) is 20.1. The molecule has 4 rings (SSSR count). The SMILES string of the molecule is CC(C)(C)c1cc(Br)cc(C(CC(=O)O)NC(=O)c2cnn(CCc3ccc4c(n3)NCCC4)c2)c1. The average molecular weight is 554 g/mol. The Morgan fingerprint density at radius 1 is 1.25 bits per heavy atom. The van der Waals surface area contributed by atoms with Gasteiger partial charge in [-0.15, -0.1) is 0 Å². The summed E-state index contributed by atoms with van der Waals surface area (Å²) >= 11 is 3.53. The summed E-state index contributed by atoms with van der Waals surface area (Å²) in [5.74, 6) is -0.382. The van der Waals surface area contributed by atoms with Gasteiger partial charge in [-0.1, -0.05) is 48.8 Å². The number of nitrogens with zero attached hydrogens (tertiary/aromatic N) is 3. The zero-order valence-corrected chi connectivity index (χ0v) is 22.4. The standard InChI is InChI=1S/C27H32BrN5O3/c1-27(2,3)20-11-18(12-21(28)13-20)23(14-24(34)35)32-26(36)19-15-30-33(16-19)10-8-22-7-6-17-5-4-9-29-25(17)31-22/h6-7,11-13,15-16,23H,4-5,8-10,14H2,1-3H3,(H,29,31)(H,32,36)(H,34,35). The lowest BCUT2D eigenvalue weighted by Crippen LogP contribution is -2.30. The van der Waals surface area contributed by atoms with Crippen molar-refractivity contribution < 1.29 is 14.7 Å². The molecule has 190 valence electrons. The average Bonchev–Trinajstić information content (AvgIpc) is 3.30. The molecule has 3 heterocycles. The van der Waals surface area contributed by atoms with E-state index in [1.807, 2.05) is 24.3 Å². The second kappa shape index (κ2) is 10.8. The van der Waals surface area contributed by atoms with E-state index in [9.17, 15) is 14.7 Å². The fourth-order valence-electron chi connectivity index (χ4n) is 4.26. The first kappa shape index (κ1) is 25.9. The highest BCUT2D eigenvalue weighted by molar-refractivity contribution is 9.10. The van der Waals surface area contributed by atoms with Crippen molar-refractivity contribution in [3.05, 3.63) is 75.1 Å². The number of carboxylic acid groups (broad SMARTS) is 1. The van der Waals surface area contributed by atoms with Crippen LogP contribution in [0, 0.1) is 0 Å². The maximum Gasteiger partial charge on any atom is 0.305 e. The summed E-state index contributed by atoms with van der Waals surface area (Å²) in [6.07, 6.45) is 5.83. The van der Waals surface area contributed by atoms with Crippen LogP contribution in [0.2, 0.25) is 0 Å². The van der Waals surface area contributed by atoms with Crippen molar-refractivity contribution in [2.75, 3.05) is 11.9 Å². The molecule has 1 unspecified atom stereocenters. The fraction of sp³-hybridized carbons (Fsp3) is 0.407. The van der Waals surface area contributed by atoms with E-state index in [2.05, 4.69) is 58.5 Å². The van der Waals surface area contributed by atoms with Crippen LogP contribution in [0.25, 0.3) is 0 Å². The number of benzene rings is 1. The maximum atomic E-state index is 13.0. The number of aryl methyl sites for hydroxylation is 3. The van der Waals surface area contributed by atoms with E-state index < -0.39 is 12.0 Å². The molecule has 1 atom stereocenters. The number of pyridine rings is 1. The minimum Gasteiger partial charge on any atom is -0.481 e. The van der Waals surface area contributed by atoms with Crippen LogP contribution in [0.15, 0.2) is 47.2 Å². The van der Waals surface area contributed by atoms with Crippen molar-refractivity contribution >= 4 is 33.6 Å². The van der Waals surface area contributed by atoms with E-state index in [-0.39, 0.29) is 17.7 Å². The van der Waals surface area contributed by atoms with E-state index in [4.69, 9.17) is 4.98 Å². The molecule has 0 saturated heterocycles. The van der Waals surface area contributed by atoms with Gasteiger partial charge in [0, 0.05) is 35.9 Å². The van der Waals surface area contributed by atoms with Crippen molar-refractivity contribution in [3.8, 4) is 0 Å². The number of halogens is 1. The Hall–Kier alpha value is -3.20. The Labute approximate surface area is 219 Å². The smallest absolute Gasteiger partial charge is 0.305 e. The first-order valence-electron chi connectivity index (χ1n) is 12.2. The number of aliphatic carboxylic acids is 1. The molecule has 0 fully saturated rings. The predicted molar refractivity (Wildman–Crippen MR) is 142 cm³/mol. The molecule has 0 saturated carbocycles.